The molecule has 1 aliphatic heterocycles. The molecule has 1 N–H and O–H groups in total. The number of amides is 3. The van der Waals surface area contributed by atoms with Gasteiger partial charge in [-0.25, -0.2) is 9.88 Å². The maximum atomic E-state index is 12.8. The number of thiazole rings is 1. The molecule has 0 spiro atoms. The summed E-state index contributed by atoms with van der Waals surface area (Å²) in [4.78, 5) is 44.5. The number of nitrogens with zero attached hydrogens (tertiary/aromatic N) is 2. The second kappa shape index (κ2) is 7.18. The Bertz CT molecular complexity index is 1160. The molecule has 0 radical (unpaired) electrons. The Morgan fingerprint density at radius 1 is 1.00 bits per heavy atom. The fourth-order valence-electron chi connectivity index (χ4n) is 3.26. The van der Waals surface area contributed by atoms with Gasteiger partial charge < -0.3 is 5.32 Å². The number of hydrogen-bond donors (Lipinski definition) is 1. The van der Waals surface area contributed by atoms with Gasteiger partial charge in [-0.15, -0.1) is 11.3 Å². The third-order valence-electron chi connectivity index (χ3n) is 4.80. The summed E-state index contributed by atoms with van der Waals surface area (Å²) in [6.45, 7) is 7.98. The lowest BCUT2D eigenvalue weighted by Crippen LogP contribution is -2.29. The van der Waals surface area contributed by atoms with Gasteiger partial charge in [0.05, 0.1) is 27.5 Å². The van der Waals surface area contributed by atoms with Gasteiger partial charge in [-0.1, -0.05) is 39.0 Å². The summed E-state index contributed by atoms with van der Waals surface area (Å²) in [6, 6.07) is 13.5. The van der Waals surface area contributed by atoms with Gasteiger partial charge in [-0.2, -0.15) is 0 Å². The van der Waals surface area contributed by atoms with E-state index in [2.05, 4.69) is 31.1 Å². The highest BCUT2D eigenvalue weighted by molar-refractivity contribution is 7.14. The fraction of sp³-hybridized carbons (Fsp3) is 0.217. The fourth-order valence-corrected chi connectivity index (χ4v) is 4.28. The molecule has 4 rings (SSSR count). The standard InChI is InChI=1S/C23H21N3O3S/c1-13-18(30-22(24-13)23(2,3)4)19(27)25-14-8-7-9-15(12-14)26-20(28)16-10-5-6-11-17(16)21(26)29/h5-12H,1-4H3,(H,25,27). The van der Waals surface area contributed by atoms with Crippen LogP contribution < -0.4 is 10.2 Å². The Kier molecular flexibility index (Phi) is 4.78. The van der Waals surface area contributed by atoms with Crippen molar-refractivity contribution < 1.29 is 14.4 Å². The van der Waals surface area contributed by atoms with Gasteiger partial charge in [-0.05, 0) is 37.3 Å². The molecule has 0 saturated heterocycles. The molecule has 0 unspecified atom stereocenters. The predicted molar refractivity (Wildman–Crippen MR) is 118 cm³/mol. The molecule has 2 aromatic carbocycles. The highest BCUT2D eigenvalue weighted by Gasteiger charge is 2.36. The zero-order valence-electron chi connectivity index (χ0n) is 17.1. The summed E-state index contributed by atoms with van der Waals surface area (Å²) in [5.41, 5.74) is 2.21. The second-order valence-corrected chi connectivity index (χ2v) is 9.18. The van der Waals surface area contributed by atoms with Crippen molar-refractivity contribution in [3.63, 3.8) is 0 Å². The molecule has 0 aliphatic carbocycles. The number of benzene rings is 2. The van der Waals surface area contributed by atoms with E-state index in [1.54, 1.807) is 48.5 Å². The molecular weight excluding hydrogens is 398 g/mol. The molecule has 7 heteroatoms. The van der Waals surface area contributed by atoms with Crippen LogP contribution in [-0.2, 0) is 5.41 Å². The van der Waals surface area contributed by atoms with Crippen LogP contribution in [0.3, 0.4) is 0 Å². The molecule has 0 fully saturated rings. The van der Waals surface area contributed by atoms with Gasteiger partial charge >= 0.3 is 0 Å². The van der Waals surface area contributed by atoms with Crippen LogP contribution >= 0.6 is 11.3 Å². The molecule has 1 aromatic heterocycles. The van der Waals surface area contributed by atoms with E-state index in [1.165, 1.54) is 11.3 Å². The maximum Gasteiger partial charge on any atom is 0.267 e. The van der Waals surface area contributed by atoms with Gasteiger partial charge in [0.1, 0.15) is 4.88 Å². The number of hydrogen-bond acceptors (Lipinski definition) is 5. The minimum Gasteiger partial charge on any atom is -0.321 e. The van der Waals surface area contributed by atoms with Crippen LogP contribution in [0.5, 0.6) is 0 Å². The monoisotopic (exact) mass is 419 g/mol. The first kappa shape index (κ1) is 20.0. The van der Waals surface area contributed by atoms with E-state index in [0.29, 0.717) is 33.1 Å². The van der Waals surface area contributed by atoms with Gasteiger partial charge in [0.15, 0.2) is 0 Å². The van der Waals surface area contributed by atoms with E-state index >= 15 is 0 Å². The number of aromatic nitrogens is 1. The topological polar surface area (TPSA) is 79.4 Å². The summed E-state index contributed by atoms with van der Waals surface area (Å²) in [7, 11) is 0. The first-order chi connectivity index (χ1) is 14.2. The smallest absolute Gasteiger partial charge is 0.267 e. The summed E-state index contributed by atoms with van der Waals surface area (Å²) in [5, 5.41) is 3.75. The van der Waals surface area contributed by atoms with Crippen molar-refractivity contribution in [2.75, 3.05) is 10.2 Å². The van der Waals surface area contributed by atoms with Gasteiger partial charge in [0, 0.05) is 11.1 Å². The molecule has 1 aliphatic rings. The lowest BCUT2D eigenvalue weighted by Gasteiger charge is -2.15. The first-order valence-corrected chi connectivity index (χ1v) is 10.4. The van der Waals surface area contributed by atoms with Crippen LogP contribution in [0.25, 0.3) is 0 Å². The Morgan fingerprint density at radius 3 is 2.20 bits per heavy atom. The molecule has 0 atom stereocenters. The van der Waals surface area contributed by atoms with Crippen LogP contribution in [-0.4, -0.2) is 22.7 Å². The molecule has 2 heterocycles. The van der Waals surface area contributed by atoms with Crippen molar-refractivity contribution in [1.82, 2.24) is 4.98 Å². The van der Waals surface area contributed by atoms with E-state index in [1.807, 2.05) is 6.92 Å². The SMILES string of the molecule is Cc1nc(C(C)(C)C)sc1C(=O)Nc1cccc(N2C(=O)c3ccccc3C2=O)c1. The number of anilines is 2. The summed E-state index contributed by atoms with van der Waals surface area (Å²) in [5.74, 6) is -1.00. The third kappa shape index (κ3) is 3.41. The van der Waals surface area contributed by atoms with Crippen LogP contribution in [0.1, 0.15) is 61.9 Å². The minimum atomic E-state index is -0.368. The van der Waals surface area contributed by atoms with Gasteiger partial charge in [0.2, 0.25) is 0 Å². The average molecular weight is 420 g/mol. The first-order valence-electron chi connectivity index (χ1n) is 9.54. The second-order valence-electron chi connectivity index (χ2n) is 8.18. The molecule has 6 nitrogen and oxygen atoms in total. The van der Waals surface area contributed by atoms with Crippen LogP contribution in [0, 0.1) is 6.92 Å². The van der Waals surface area contributed by atoms with Crippen molar-refractivity contribution in [3.8, 4) is 0 Å². The predicted octanol–water partition coefficient (Wildman–Crippen LogP) is 4.80. The average Bonchev–Trinajstić information content (AvgIpc) is 3.21. The molecule has 0 saturated carbocycles. The van der Waals surface area contributed by atoms with Crippen LogP contribution in [0.2, 0.25) is 0 Å². The zero-order valence-corrected chi connectivity index (χ0v) is 18.0. The maximum absolute atomic E-state index is 12.8. The lowest BCUT2D eigenvalue weighted by atomic mass is 9.98. The molecule has 0 bridgehead atoms. The van der Waals surface area contributed by atoms with E-state index in [4.69, 9.17) is 0 Å². The lowest BCUT2D eigenvalue weighted by molar-refractivity contribution is 0.0925. The summed E-state index contributed by atoms with van der Waals surface area (Å²) in [6.07, 6.45) is 0. The highest BCUT2D eigenvalue weighted by Crippen LogP contribution is 2.32. The number of imide groups is 1. The number of fused-ring (bicyclic) bond motifs is 1. The van der Waals surface area contributed by atoms with Gasteiger partial charge in [0.25, 0.3) is 17.7 Å². The minimum absolute atomic E-state index is 0.140. The number of nitrogens with one attached hydrogen (secondary N) is 1. The molecule has 152 valence electrons. The molecular formula is C23H21N3O3S. The Labute approximate surface area is 178 Å². The van der Waals surface area contributed by atoms with Crippen molar-refractivity contribution in [2.45, 2.75) is 33.1 Å². The van der Waals surface area contributed by atoms with Crippen LogP contribution in [0.15, 0.2) is 48.5 Å². The summed E-state index contributed by atoms with van der Waals surface area (Å²) >= 11 is 1.37. The van der Waals surface area contributed by atoms with Crippen molar-refractivity contribution in [3.05, 3.63) is 75.2 Å². The molecule has 3 amide bonds. The molecule has 3 aromatic rings. The van der Waals surface area contributed by atoms with E-state index in [9.17, 15) is 14.4 Å². The summed E-state index contributed by atoms with van der Waals surface area (Å²) < 4.78 is 0. The van der Waals surface area contributed by atoms with Gasteiger partial charge in [-0.3, -0.25) is 14.4 Å². The Hall–Kier alpha value is -3.32. The number of carbonyl (C=O) groups is 3. The number of rotatable bonds is 3. The third-order valence-corrected chi connectivity index (χ3v) is 6.38. The molecule has 30 heavy (non-hydrogen) atoms. The van der Waals surface area contributed by atoms with Crippen LogP contribution in [0.4, 0.5) is 11.4 Å². The Morgan fingerprint density at radius 2 is 1.63 bits per heavy atom. The normalized spacial score (nSPS) is 13.5. The van der Waals surface area contributed by atoms with E-state index in [0.717, 1.165) is 9.91 Å². The number of aryl methyl sites for hydroxylation is 1. The van der Waals surface area contributed by atoms with Crippen molar-refractivity contribution >= 4 is 40.4 Å². The van der Waals surface area contributed by atoms with Crippen molar-refractivity contribution in [1.29, 1.82) is 0 Å². The highest BCUT2D eigenvalue weighted by atomic mass is 32.1. The van der Waals surface area contributed by atoms with E-state index in [-0.39, 0.29) is 23.1 Å². The number of carbonyl (C=O) groups excluding carboxylic acids is 3. The zero-order chi connectivity index (χ0) is 21.6. The quantitative estimate of drug-likeness (QED) is 0.619. The van der Waals surface area contributed by atoms with Crippen molar-refractivity contribution in [2.24, 2.45) is 0 Å². The van der Waals surface area contributed by atoms with E-state index < -0.39 is 0 Å². The largest absolute Gasteiger partial charge is 0.321 e. The Balaban J connectivity index is 1.60.